The summed E-state index contributed by atoms with van der Waals surface area (Å²) in [7, 11) is 0. The highest BCUT2D eigenvalue weighted by molar-refractivity contribution is 5.94. The fraction of sp³-hybridized carbons (Fsp3) is 0.415. The number of carbonyl (C=O) groups is 4. The van der Waals surface area contributed by atoms with Crippen molar-refractivity contribution >= 4 is 23.9 Å². The number of alkyl carbamates (subject to hydrolysis) is 1. The van der Waals surface area contributed by atoms with E-state index in [0.717, 1.165) is 11.1 Å². The summed E-state index contributed by atoms with van der Waals surface area (Å²) < 4.78 is 11.3. The van der Waals surface area contributed by atoms with E-state index in [0.29, 0.717) is 17.5 Å². The van der Waals surface area contributed by atoms with Crippen molar-refractivity contribution in [3.05, 3.63) is 107 Å². The highest BCUT2D eigenvalue weighted by Crippen LogP contribution is 2.29. The van der Waals surface area contributed by atoms with Gasteiger partial charge in [0.2, 0.25) is 11.8 Å². The Labute approximate surface area is 297 Å². The van der Waals surface area contributed by atoms with Gasteiger partial charge in [-0.15, -0.1) is 6.42 Å². The molecular weight excluding hydrogens is 630 g/mol. The molecule has 4 atom stereocenters. The quantitative estimate of drug-likeness (QED) is 0.157. The zero-order valence-corrected chi connectivity index (χ0v) is 30.5. The first-order valence-electron chi connectivity index (χ1n) is 17.0. The highest BCUT2D eigenvalue weighted by atomic mass is 16.6. The lowest BCUT2D eigenvalue weighted by molar-refractivity contribution is -0.159. The normalized spacial score (nSPS) is 13.8. The van der Waals surface area contributed by atoms with Crippen molar-refractivity contribution in [1.29, 1.82) is 0 Å². The predicted octanol–water partition coefficient (Wildman–Crippen LogP) is 6.54. The molecule has 3 rings (SSSR count). The first-order chi connectivity index (χ1) is 23.5. The topological polar surface area (TPSA) is 114 Å². The molecule has 0 radical (unpaired) electrons. The van der Waals surface area contributed by atoms with E-state index >= 15 is 0 Å². The third-order valence-corrected chi connectivity index (χ3v) is 7.82. The monoisotopic (exact) mass is 681 g/mol. The Kier molecular flexibility index (Phi) is 13.8. The van der Waals surface area contributed by atoms with Crippen molar-refractivity contribution < 1.29 is 28.7 Å². The minimum absolute atomic E-state index is 0.130. The molecule has 0 aliphatic heterocycles. The Morgan fingerprint density at radius 3 is 1.74 bits per heavy atom. The lowest BCUT2D eigenvalue weighted by Gasteiger charge is -2.39. The SMILES string of the molecule is C#Cc1ccccc1C(C(=O)NC(Cc1ccccc1)C(=O)OC(C)(C)C)N(C(=O)C(Cc1ccccc1)NC(=O)OC(C)(C)C)C(C)CC. The lowest BCUT2D eigenvalue weighted by Crippen LogP contribution is -2.57. The Morgan fingerprint density at radius 2 is 1.24 bits per heavy atom. The van der Waals surface area contributed by atoms with E-state index in [-0.39, 0.29) is 12.8 Å². The smallest absolute Gasteiger partial charge is 0.408 e. The van der Waals surface area contributed by atoms with E-state index < -0.39 is 59.2 Å². The van der Waals surface area contributed by atoms with Crippen LogP contribution >= 0.6 is 0 Å². The Bertz CT molecular complexity index is 1640. The van der Waals surface area contributed by atoms with Crippen LogP contribution in [0.1, 0.15) is 90.1 Å². The molecule has 266 valence electrons. The van der Waals surface area contributed by atoms with Crippen molar-refractivity contribution in [3.63, 3.8) is 0 Å². The molecule has 0 aliphatic carbocycles. The van der Waals surface area contributed by atoms with Gasteiger partial charge >= 0.3 is 12.1 Å². The molecule has 3 aromatic rings. The van der Waals surface area contributed by atoms with Gasteiger partial charge in [-0.25, -0.2) is 9.59 Å². The molecule has 3 aromatic carbocycles. The molecule has 3 amide bonds. The minimum Gasteiger partial charge on any atom is -0.458 e. The highest BCUT2D eigenvalue weighted by Gasteiger charge is 2.41. The van der Waals surface area contributed by atoms with Gasteiger partial charge in [-0.3, -0.25) is 9.59 Å². The van der Waals surface area contributed by atoms with Crippen molar-refractivity contribution in [2.45, 2.75) is 110 Å². The lowest BCUT2D eigenvalue weighted by atomic mass is 9.94. The summed E-state index contributed by atoms with van der Waals surface area (Å²) in [6, 6.07) is 21.5. The van der Waals surface area contributed by atoms with Gasteiger partial charge in [0.25, 0.3) is 0 Å². The van der Waals surface area contributed by atoms with E-state index in [1.165, 1.54) is 4.90 Å². The van der Waals surface area contributed by atoms with Crippen molar-refractivity contribution in [1.82, 2.24) is 15.5 Å². The zero-order valence-electron chi connectivity index (χ0n) is 30.5. The maximum absolute atomic E-state index is 14.9. The average molecular weight is 682 g/mol. The summed E-state index contributed by atoms with van der Waals surface area (Å²) in [5, 5.41) is 5.70. The molecule has 0 spiro atoms. The number of nitrogens with zero attached hydrogens (tertiary/aromatic N) is 1. The number of nitrogens with one attached hydrogen (secondary N) is 2. The summed E-state index contributed by atoms with van der Waals surface area (Å²) in [6.07, 6.45) is 5.93. The fourth-order valence-electron chi connectivity index (χ4n) is 5.43. The van der Waals surface area contributed by atoms with E-state index in [9.17, 15) is 19.2 Å². The molecule has 0 heterocycles. The van der Waals surface area contributed by atoms with Gasteiger partial charge in [0.1, 0.15) is 29.3 Å². The van der Waals surface area contributed by atoms with Crippen LogP contribution in [0.25, 0.3) is 0 Å². The summed E-state index contributed by atoms with van der Waals surface area (Å²) >= 11 is 0. The number of terminal acetylenes is 1. The van der Waals surface area contributed by atoms with Crippen LogP contribution < -0.4 is 10.6 Å². The van der Waals surface area contributed by atoms with Gasteiger partial charge in [0.15, 0.2) is 0 Å². The van der Waals surface area contributed by atoms with Crippen LogP contribution in [-0.2, 0) is 36.7 Å². The number of ether oxygens (including phenoxy) is 2. The minimum atomic E-state index is -1.27. The van der Waals surface area contributed by atoms with Gasteiger partial charge in [0, 0.05) is 24.4 Å². The first kappa shape index (κ1) is 39.3. The molecule has 0 bridgehead atoms. The maximum atomic E-state index is 14.9. The first-order valence-corrected chi connectivity index (χ1v) is 17.0. The van der Waals surface area contributed by atoms with Crippen LogP contribution in [0.15, 0.2) is 84.9 Å². The molecule has 50 heavy (non-hydrogen) atoms. The second-order valence-electron chi connectivity index (χ2n) is 14.3. The van der Waals surface area contributed by atoms with Crippen LogP contribution in [0.3, 0.4) is 0 Å². The van der Waals surface area contributed by atoms with Gasteiger partial charge in [-0.2, -0.15) is 0 Å². The predicted molar refractivity (Wildman–Crippen MR) is 195 cm³/mol. The Hall–Kier alpha value is -5.10. The van der Waals surface area contributed by atoms with Gasteiger partial charge in [-0.1, -0.05) is 91.7 Å². The van der Waals surface area contributed by atoms with E-state index in [2.05, 4.69) is 16.6 Å². The van der Waals surface area contributed by atoms with Crippen molar-refractivity contribution in [3.8, 4) is 12.3 Å². The average Bonchev–Trinajstić information content (AvgIpc) is 3.05. The van der Waals surface area contributed by atoms with E-state index in [1.807, 2.05) is 74.5 Å². The molecule has 2 N–H and O–H groups in total. The second-order valence-corrected chi connectivity index (χ2v) is 14.3. The molecule has 9 heteroatoms. The van der Waals surface area contributed by atoms with Crippen molar-refractivity contribution in [2.75, 3.05) is 0 Å². The number of hydrogen-bond acceptors (Lipinski definition) is 6. The summed E-state index contributed by atoms with van der Waals surface area (Å²) in [5.74, 6) is 0.902. The molecular formula is C41H51N3O6. The standard InChI is InChI=1S/C41H51N3O6/c1-10-28(3)44(37(46)33(26-29-20-14-12-15-21-29)43-39(48)50-41(7,8)9)35(32-25-19-18-24-31(32)11-2)36(45)42-34(38(47)49-40(4,5)6)27-30-22-16-13-17-23-30/h2,12-25,28,33-35H,10,26-27H2,1,3-9H3,(H,42,45)(H,43,48). The van der Waals surface area contributed by atoms with Gasteiger partial charge in [0.05, 0.1) is 0 Å². The largest absolute Gasteiger partial charge is 0.458 e. The summed E-state index contributed by atoms with van der Waals surface area (Å²) in [6.45, 7) is 14.2. The number of benzene rings is 3. The molecule has 0 saturated carbocycles. The fourth-order valence-corrected chi connectivity index (χ4v) is 5.43. The number of rotatable bonds is 13. The second kappa shape index (κ2) is 17.5. The van der Waals surface area contributed by atoms with Gasteiger partial charge in [-0.05, 0) is 77.6 Å². The summed E-state index contributed by atoms with van der Waals surface area (Å²) in [5.41, 5.74) is 0.783. The van der Waals surface area contributed by atoms with Crippen LogP contribution in [0.2, 0.25) is 0 Å². The molecule has 0 saturated heterocycles. The van der Waals surface area contributed by atoms with Crippen LogP contribution in [-0.4, -0.2) is 58.1 Å². The third-order valence-electron chi connectivity index (χ3n) is 7.82. The van der Waals surface area contributed by atoms with Crippen LogP contribution in [0.4, 0.5) is 4.79 Å². The van der Waals surface area contributed by atoms with Crippen molar-refractivity contribution in [2.24, 2.45) is 0 Å². The number of carbonyl (C=O) groups excluding carboxylic acids is 4. The van der Waals surface area contributed by atoms with Gasteiger partial charge < -0.3 is 25.0 Å². The Balaban J connectivity index is 2.16. The third kappa shape index (κ3) is 11.8. The Morgan fingerprint density at radius 1 is 0.740 bits per heavy atom. The maximum Gasteiger partial charge on any atom is 0.408 e. The molecule has 4 unspecified atom stereocenters. The van der Waals surface area contributed by atoms with Crippen LogP contribution in [0.5, 0.6) is 0 Å². The van der Waals surface area contributed by atoms with E-state index in [1.54, 1.807) is 65.8 Å². The molecule has 0 aliphatic rings. The zero-order chi connectivity index (χ0) is 37.1. The number of hydrogen-bond donors (Lipinski definition) is 2. The molecule has 9 nitrogen and oxygen atoms in total. The number of amides is 3. The van der Waals surface area contributed by atoms with Crippen LogP contribution in [0, 0.1) is 12.3 Å². The molecule has 0 fully saturated rings. The number of esters is 1. The summed E-state index contributed by atoms with van der Waals surface area (Å²) in [4.78, 5) is 57.9. The van der Waals surface area contributed by atoms with E-state index in [4.69, 9.17) is 15.9 Å². The molecule has 0 aromatic heterocycles.